The Bertz CT molecular complexity index is 815. The number of hydrogen-bond acceptors (Lipinski definition) is 3. The minimum absolute atomic E-state index is 0.106. The zero-order chi connectivity index (χ0) is 19.4. The van der Waals surface area contributed by atoms with E-state index in [1.165, 1.54) is 5.56 Å². The second-order valence-corrected chi connectivity index (χ2v) is 7.13. The van der Waals surface area contributed by atoms with Gasteiger partial charge in [0.15, 0.2) is 0 Å². The van der Waals surface area contributed by atoms with Crippen LogP contribution < -0.4 is 15.4 Å². The lowest BCUT2D eigenvalue weighted by atomic mass is 10.0. The molecule has 0 aliphatic heterocycles. The van der Waals surface area contributed by atoms with Crippen molar-refractivity contribution in [3.05, 3.63) is 54.1 Å². The van der Waals surface area contributed by atoms with Crippen LogP contribution in [0.25, 0.3) is 0 Å². The fourth-order valence-electron chi connectivity index (χ4n) is 3.04. The normalized spacial score (nSPS) is 18.1. The van der Waals surface area contributed by atoms with E-state index in [1.54, 1.807) is 6.07 Å². The van der Waals surface area contributed by atoms with Gasteiger partial charge >= 0.3 is 0 Å². The fourth-order valence-corrected chi connectivity index (χ4v) is 3.04. The molecule has 1 aliphatic rings. The van der Waals surface area contributed by atoms with Crippen molar-refractivity contribution in [2.24, 2.45) is 11.8 Å². The molecule has 142 valence electrons. The molecule has 2 amide bonds. The minimum atomic E-state index is -0.297. The lowest BCUT2D eigenvalue weighted by Gasteiger charge is -2.11. The van der Waals surface area contributed by atoms with E-state index < -0.39 is 0 Å². The zero-order valence-electron chi connectivity index (χ0n) is 16.0. The predicted molar refractivity (Wildman–Crippen MR) is 107 cm³/mol. The largest absolute Gasteiger partial charge is 0.492 e. The van der Waals surface area contributed by atoms with Crippen molar-refractivity contribution in [3.8, 4) is 5.75 Å². The van der Waals surface area contributed by atoms with Crippen molar-refractivity contribution >= 4 is 23.2 Å². The van der Waals surface area contributed by atoms with Crippen molar-refractivity contribution in [3.63, 3.8) is 0 Å². The maximum absolute atomic E-state index is 12.5. The summed E-state index contributed by atoms with van der Waals surface area (Å²) in [6.45, 7) is 6.68. The Morgan fingerprint density at radius 3 is 2.26 bits per heavy atom. The Kier molecular flexibility index (Phi) is 5.79. The molecule has 3 rings (SSSR count). The summed E-state index contributed by atoms with van der Waals surface area (Å²) in [7, 11) is 0. The molecule has 0 aromatic heterocycles. The number of para-hydroxylation sites is 2. The first-order chi connectivity index (χ1) is 13.0. The van der Waals surface area contributed by atoms with Gasteiger partial charge in [0, 0.05) is 5.69 Å². The molecule has 5 heteroatoms. The van der Waals surface area contributed by atoms with Crippen LogP contribution in [0.15, 0.2) is 48.5 Å². The monoisotopic (exact) mass is 366 g/mol. The van der Waals surface area contributed by atoms with Crippen molar-refractivity contribution in [1.82, 2.24) is 0 Å². The fraction of sp³-hybridized carbons (Fsp3) is 0.364. The van der Waals surface area contributed by atoms with Crippen LogP contribution in [0.4, 0.5) is 11.4 Å². The SMILES string of the molecule is CCOc1ccccc1NC(=O)C1CC1C(=O)Nc1ccc(C(C)C)cc1. The van der Waals surface area contributed by atoms with Crippen molar-refractivity contribution < 1.29 is 14.3 Å². The molecule has 1 fully saturated rings. The standard InChI is InChI=1S/C22H26N2O3/c1-4-27-20-8-6-5-7-19(20)24-22(26)18-13-17(18)21(25)23-16-11-9-15(10-12-16)14(2)3/h5-12,14,17-18H,4,13H2,1-3H3,(H,23,25)(H,24,26). The lowest BCUT2D eigenvalue weighted by molar-refractivity contribution is -0.122. The van der Waals surface area contributed by atoms with Crippen LogP contribution in [0, 0.1) is 11.8 Å². The zero-order valence-corrected chi connectivity index (χ0v) is 16.0. The highest BCUT2D eigenvalue weighted by Gasteiger charge is 2.48. The van der Waals surface area contributed by atoms with Gasteiger partial charge in [0.25, 0.3) is 0 Å². The van der Waals surface area contributed by atoms with Crippen molar-refractivity contribution in [2.45, 2.75) is 33.1 Å². The summed E-state index contributed by atoms with van der Waals surface area (Å²) in [6, 6.07) is 15.2. The van der Waals surface area contributed by atoms with Gasteiger partial charge < -0.3 is 15.4 Å². The quantitative estimate of drug-likeness (QED) is 0.762. The first-order valence-corrected chi connectivity index (χ1v) is 9.43. The van der Waals surface area contributed by atoms with Gasteiger partial charge in [-0.3, -0.25) is 9.59 Å². The number of ether oxygens (including phenoxy) is 1. The molecule has 27 heavy (non-hydrogen) atoms. The summed E-state index contributed by atoms with van der Waals surface area (Å²) in [5.41, 5.74) is 2.63. The highest BCUT2D eigenvalue weighted by Crippen LogP contribution is 2.41. The Balaban J connectivity index is 1.55. The van der Waals surface area contributed by atoms with Crippen LogP contribution >= 0.6 is 0 Å². The van der Waals surface area contributed by atoms with Crippen LogP contribution in [-0.4, -0.2) is 18.4 Å². The van der Waals surface area contributed by atoms with E-state index >= 15 is 0 Å². The van der Waals surface area contributed by atoms with E-state index in [0.29, 0.717) is 30.4 Å². The summed E-state index contributed by atoms with van der Waals surface area (Å²) in [5, 5.41) is 5.79. The van der Waals surface area contributed by atoms with E-state index in [1.807, 2.05) is 49.4 Å². The molecular weight excluding hydrogens is 340 g/mol. The number of anilines is 2. The summed E-state index contributed by atoms with van der Waals surface area (Å²) >= 11 is 0. The summed E-state index contributed by atoms with van der Waals surface area (Å²) in [4.78, 5) is 24.9. The lowest BCUT2D eigenvalue weighted by Crippen LogP contribution is -2.20. The van der Waals surface area contributed by atoms with Crippen LogP contribution in [0.5, 0.6) is 5.75 Å². The Morgan fingerprint density at radius 1 is 1.00 bits per heavy atom. The molecule has 1 aliphatic carbocycles. The average Bonchev–Trinajstić information content (AvgIpc) is 3.45. The summed E-state index contributed by atoms with van der Waals surface area (Å²) in [6.07, 6.45) is 0.568. The number of amides is 2. The first kappa shape index (κ1) is 19.0. The average molecular weight is 366 g/mol. The molecule has 2 N–H and O–H groups in total. The van der Waals surface area contributed by atoms with Crippen LogP contribution in [-0.2, 0) is 9.59 Å². The van der Waals surface area contributed by atoms with Gasteiger partial charge in [0.1, 0.15) is 5.75 Å². The molecule has 2 aromatic carbocycles. The second-order valence-electron chi connectivity index (χ2n) is 7.13. The Hall–Kier alpha value is -2.82. The number of nitrogens with one attached hydrogen (secondary N) is 2. The summed E-state index contributed by atoms with van der Waals surface area (Å²) < 4.78 is 5.52. The maximum atomic E-state index is 12.5. The topological polar surface area (TPSA) is 67.4 Å². The highest BCUT2D eigenvalue weighted by atomic mass is 16.5. The van der Waals surface area contributed by atoms with Gasteiger partial charge in [-0.2, -0.15) is 0 Å². The van der Waals surface area contributed by atoms with Crippen LogP contribution in [0.1, 0.15) is 38.7 Å². The van der Waals surface area contributed by atoms with Gasteiger partial charge in [-0.25, -0.2) is 0 Å². The van der Waals surface area contributed by atoms with Crippen LogP contribution in [0.2, 0.25) is 0 Å². The van der Waals surface area contributed by atoms with Gasteiger partial charge in [-0.1, -0.05) is 38.1 Å². The molecular formula is C22H26N2O3. The molecule has 1 saturated carbocycles. The van der Waals surface area contributed by atoms with Gasteiger partial charge in [-0.05, 0) is 49.1 Å². The van der Waals surface area contributed by atoms with E-state index in [4.69, 9.17) is 4.74 Å². The van der Waals surface area contributed by atoms with Crippen molar-refractivity contribution in [2.75, 3.05) is 17.2 Å². The number of benzene rings is 2. The Morgan fingerprint density at radius 2 is 1.63 bits per heavy atom. The molecule has 0 spiro atoms. The predicted octanol–water partition coefficient (Wildman–Crippen LogP) is 4.42. The molecule has 5 nitrogen and oxygen atoms in total. The third-order valence-corrected chi connectivity index (χ3v) is 4.75. The third-order valence-electron chi connectivity index (χ3n) is 4.75. The van der Waals surface area contributed by atoms with Gasteiger partial charge in [0.05, 0.1) is 24.1 Å². The number of hydrogen-bond donors (Lipinski definition) is 2. The van der Waals surface area contributed by atoms with Crippen LogP contribution in [0.3, 0.4) is 0 Å². The highest BCUT2D eigenvalue weighted by molar-refractivity contribution is 6.03. The van der Waals surface area contributed by atoms with E-state index in [2.05, 4.69) is 24.5 Å². The number of carbonyl (C=O) groups excluding carboxylic acids is 2. The number of carbonyl (C=O) groups is 2. The van der Waals surface area contributed by atoms with E-state index in [0.717, 1.165) is 5.69 Å². The smallest absolute Gasteiger partial charge is 0.228 e. The molecule has 0 bridgehead atoms. The molecule has 2 unspecified atom stereocenters. The Labute approximate surface area is 160 Å². The first-order valence-electron chi connectivity index (χ1n) is 9.43. The van der Waals surface area contributed by atoms with E-state index in [-0.39, 0.29) is 23.7 Å². The van der Waals surface area contributed by atoms with E-state index in [9.17, 15) is 9.59 Å². The second kappa shape index (κ2) is 8.25. The molecule has 0 saturated heterocycles. The summed E-state index contributed by atoms with van der Waals surface area (Å²) in [5.74, 6) is 0.262. The van der Waals surface area contributed by atoms with Crippen molar-refractivity contribution in [1.29, 1.82) is 0 Å². The molecule has 0 heterocycles. The minimum Gasteiger partial charge on any atom is -0.492 e. The molecule has 2 aromatic rings. The maximum Gasteiger partial charge on any atom is 0.228 e. The van der Waals surface area contributed by atoms with Gasteiger partial charge in [0.2, 0.25) is 11.8 Å². The molecule has 0 radical (unpaired) electrons. The third kappa shape index (κ3) is 4.67. The number of rotatable bonds is 7. The molecule has 2 atom stereocenters. The van der Waals surface area contributed by atoms with Gasteiger partial charge in [-0.15, -0.1) is 0 Å².